The van der Waals surface area contributed by atoms with Gasteiger partial charge in [-0.2, -0.15) is 5.26 Å². The number of aromatic nitrogens is 2. The first kappa shape index (κ1) is 29.7. The van der Waals surface area contributed by atoms with Gasteiger partial charge < -0.3 is 10.1 Å². The Morgan fingerprint density at radius 3 is 2.51 bits per heavy atom. The molecule has 0 radical (unpaired) electrons. The molecular formula is C28H21ClF4N6O4. The summed E-state index contributed by atoms with van der Waals surface area (Å²) in [6, 6.07) is 6.88. The predicted octanol–water partition coefficient (Wildman–Crippen LogP) is 4.68. The van der Waals surface area contributed by atoms with Crippen molar-refractivity contribution in [2.24, 2.45) is 0 Å². The number of nitriles is 1. The van der Waals surface area contributed by atoms with E-state index in [2.05, 4.69) is 15.3 Å². The summed E-state index contributed by atoms with van der Waals surface area (Å²) in [7, 11) is 0. The lowest BCUT2D eigenvalue weighted by atomic mass is 9.87. The van der Waals surface area contributed by atoms with Crippen LogP contribution in [0.15, 0.2) is 54.7 Å². The Kier molecular flexibility index (Phi) is 8.19. The summed E-state index contributed by atoms with van der Waals surface area (Å²) in [5.74, 6) is -7.52. The molecule has 3 aromatic rings. The number of hydrogen-bond acceptors (Lipinski definition) is 7. The van der Waals surface area contributed by atoms with E-state index in [0.717, 1.165) is 21.9 Å². The van der Waals surface area contributed by atoms with Crippen molar-refractivity contribution in [1.82, 2.24) is 15.3 Å². The van der Waals surface area contributed by atoms with Crippen molar-refractivity contribution in [3.63, 3.8) is 0 Å². The first-order valence-corrected chi connectivity index (χ1v) is 13.3. The van der Waals surface area contributed by atoms with Crippen LogP contribution in [0.2, 0.25) is 5.02 Å². The molecular weight excluding hydrogens is 596 g/mol. The standard InChI is InChI=1S/C28H21ClF4N6O4/c29-21-4-2-1-3-20(21)23(24(40)36-18-12-28(32,33)13-18)38(19-10-15(30)9-16(31)11-19)25(41)22-6-8-43-27(42)39(22)26-35-7-5-17(14-34)37-26/h1-5,7,9-11,18,22-23H,6,8,12-13H2,(H,36,40)/t22?,23-/m0/s1. The van der Waals surface area contributed by atoms with Crippen molar-refractivity contribution in [2.45, 2.75) is 43.3 Å². The molecule has 1 unspecified atom stereocenters. The fourth-order valence-corrected chi connectivity index (χ4v) is 5.18. The topological polar surface area (TPSA) is 129 Å². The Balaban J connectivity index is 1.65. The lowest BCUT2D eigenvalue weighted by Gasteiger charge is -2.40. The zero-order valence-corrected chi connectivity index (χ0v) is 22.8. The van der Waals surface area contributed by atoms with Gasteiger partial charge in [-0.25, -0.2) is 37.2 Å². The van der Waals surface area contributed by atoms with E-state index in [-0.39, 0.29) is 35.3 Å². The zero-order valence-electron chi connectivity index (χ0n) is 22.0. The lowest BCUT2D eigenvalue weighted by Crippen LogP contribution is -2.59. The third-order valence-electron chi connectivity index (χ3n) is 6.89. The van der Waals surface area contributed by atoms with E-state index in [1.165, 1.54) is 30.5 Å². The fraction of sp³-hybridized carbons (Fsp3) is 0.286. The van der Waals surface area contributed by atoms with Gasteiger partial charge >= 0.3 is 6.09 Å². The number of carbonyl (C=O) groups excluding carboxylic acids is 3. The minimum Gasteiger partial charge on any atom is -0.449 e. The maximum atomic E-state index is 14.6. The number of nitrogens with one attached hydrogen (secondary N) is 1. The SMILES string of the molecule is N#Cc1ccnc(N2C(=O)OCCC2C(=O)N(c2cc(F)cc(F)c2)[C@H](C(=O)NC2CC(F)(F)C2)c2ccccc2Cl)n1. The van der Waals surface area contributed by atoms with Crippen molar-refractivity contribution >= 4 is 41.1 Å². The van der Waals surface area contributed by atoms with Crippen LogP contribution in [0.4, 0.5) is 34.0 Å². The molecule has 10 nitrogen and oxygen atoms in total. The van der Waals surface area contributed by atoms with Crippen LogP contribution in [0, 0.1) is 23.0 Å². The second kappa shape index (κ2) is 11.8. The predicted molar refractivity (Wildman–Crippen MR) is 143 cm³/mol. The molecule has 43 heavy (non-hydrogen) atoms. The minimum absolute atomic E-state index is 0.0124. The third kappa shape index (κ3) is 6.21. The van der Waals surface area contributed by atoms with E-state index in [1.807, 2.05) is 0 Å². The van der Waals surface area contributed by atoms with Crippen LogP contribution < -0.4 is 15.1 Å². The Morgan fingerprint density at radius 2 is 1.86 bits per heavy atom. The normalized spacial score (nSPS) is 18.6. The highest BCUT2D eigenvalue weighted by atomic mass is 35.5. The van der Waals surface area contributed by atoms with Crippen molar-refractivity contribution in [1.29, 1.82) is 5.26 Å². The zero-order chi connectivity index (χ0) is 30.9. The van der Waals surface area contributed by atoms with Gasteiger partial charge in [0, 0.05) is 48.2 Å². The molecule has 1 aliphatic heterocycles. The van der Waals surface area contributed by atoms with E-state index >= 15 is 0 Å². The van der Waals surface area contributed by atoms with Crippen LogP contribution in [0.5, 0.6) is 0 Å². The van der Waals surface area contributed by atoms with Crippen molar-refractivity contribution in [2.75, 3.05) is 16.4 Å². The number of carbonyl (C=O) groups is 3. The maximum Gasteiger partial charge on any atom is 0.417 e. The third-order valence-corrected chi connectivity index (χ3v) is 7.23. The number of rotatable bonds is 7. The van der Waals surface area contributed by atoms with Crippen LogP contribution >= 0.6 is 11.6 Å². The number of amides is 3. The molecule has 2 fully saturated rings. The quantitative estimate of drug-likeness (QED) is 0.382. The second-order valence-electron chi connectivity index (χ2n) is 9.87. The number of ether oxygens (including phenoxy) is 1. The number of nitrogens with zero attached hydrogens (tertiary/aromatic N) is 5. The number of halogens is 5. The summed E-state index contributed by atoms with van der Waals surface area (Å²) in [4.78, 5) is 50.7. The summed E-state index contributed by atoms with van der Waals surface area (Å²) in [6.07, 6.45) is -1.35. The minimum atomic E-state index is -2.99. The van der Waals surface area contributed by atoms with Crippen LogP contribution in [-0.2, 0) is 14.3 Å². The second-order valence-corrected chi connectivity index (χ2v) is 10.3. The van der Waals surface area contributed by atoms with Gasteiger partial charge in [-0.05, 0) is 24.3 Å². The average molecular weight is 617 g/mol. The smallest absolute Gasteiger partial charge is 0.417 e. The Labute approximate surface area is 246 Å². The molecule has 5 rings (SSSR count). The van der Waals surface area contributed by atoms with Crippen molar-refractivity contribution in [3.05, 3.63) is 82.6 Å². The van der Waals surface area contributed by atoms with Gasteiger partial charge in [0.15, 0.2) is 0 Å². The van der Waals surface area contributed by atoms with Crippen LogP contribution in [-0.4, -0.2) is 52.5 Å². The Bertz CT molecular complexity index is 1610. The van der Waals surface area contributed by atoms with Crippen LogP contribution in [0.1, 0.15) is 36.6 Å². The lowest BCUT2D eigenvalue weighted by molar-refractivity contribution is -0.133. The Hall–Kier alpha value is -4.77. The first-order chi connectivity index (χ1) is 20.5. The van der Waals surface area contributed by atoms with E-state index in [9.17, 15) is 37.2 Å². The highest BCUT2D eigenvalue weighted by Gasteiger charge is 2.48. The molecule has 2 aromatic carbocycles. The molecule has 1 aromatic heterocycles. The summed E-state index contributed by atoms with van der Waals surface area (Å²) in [5.41, 5.74) is -0.547. The van der Waals surface area contributed by atoms with E-state index in [4.69, 9.17) is 16.3 Å². The fourth-order valence-electron chi connectivity index (χ4n) is 4.95. The van der Waals surface area contributed by atoms with Gasteiger partial charge in [0.25, 0.3) is 11.8 Å². The largest absolute Gasteiger partial charge is 0.449 e. The van der Waals surface area contributed by atoms with Gasteiger partial charge in [0.05, 0.1) is 12.3 Å². The first-order valence-electron chi connectivity index (χ1n) is 12.9. The average Bonchev–Trinajstić information content (AvgIpc) is 2.94. The molecule has 15 heteroatoms. The summed E-state index contributed by atoms with van der Waals surface area (Å²) < 4.78 is 61.4. The molecule has 1 N–H and O–H groups in total. The van der Waals surface area contributed by atoms with E-state index in [0.29, 0.717) is 6.07 Å². The van der Waals surface area contributed by atoms with Gasteiger partial charge in [0.1, 0.15) is 35.5 Å². The molecule has 1 saturated heterocycles. The highest BCUT2D eigenvalue weighted by Crippen LogP contribution is 2.39. The number of alkyl halides is 2. The molecule has 2 atom stereocenters. The number of benzene rings is 2. The van der Waals surface area contributed by atoms with E-state index in [1.54, 1.807) is 12.1 Å². The summed E-state index contributed by atoms with van der Waals surface area (Å²) in [6.45, 7) is -0.255. The molecule has 1 aliphatic carbocycles. The summed E-state index contributed by atoms with van der Waals surface area (Å²) >= 11 is 6.44. The Morgan fingerprint density at radius 1 is 1.16 bits per heavy atom. The van der Waals surface area contributed by atoms with Gasteiger partial charge in [-0.1, -0.05) is 29.8 Å². The molecule has 2 aliphatic rings. The van der Waals surface area contributed by atoms with Gasteiger partial charge in [0.2, 0.25) is 11.9 Å². The van der Waals surface area contributed by atoms with Crippen molar-refractivity contribution < 1.29 is 36.7 Å². The molecule has 3 amide bonds. The monoisotopic (exact) mass is 616 g/mol. The summed E-state index contributed by atoms with van der Waals surface area (Å²) in [5, 5.41) is 11.7. The van der Waals surface area contributed by atoms with Crippen molar-refractivity contribution in [3.8, 4) is 6.07 Å². The molecule has 2 heterocycles. The maximum absolute atomic E-state index is 14.6. The van der Waals surface area contributed by atoms with Gasteiger partial charge in [-0.15, -0.1) is 0 Å². The number of anilines is 2. The van der Waals surface area contributed by atoms with E-state index < -0.39 is 72.1 Å². The van der Waals surface area contributed by atoms with Gasteiger partial charge in [-0.3, -0.25) is 14.5 Å². The molecule has 0 spiro atoms. The number of cyclic esters (lactones) is 1. The highest BCUT2D eigenvalue weighted by molar-refractivity contribution is 6.31. The van der Waals surface area contributed by atoms with Crippen LogP contribution in [0.3, 0.4) is 0 Å². The van der Waals surface area contributed by atoms with Crippen LogP contribution in [0.25, 0.3) is 0 Å². The molecule has 0 bridgehead atoms. The molecule has 1 saturated carbocycles. The number of hydrogen-bond donors (Lipinski definition) is 1. The molecule has 222 valence electrons.